The number of aromatic nitrogens is 1. The zero-order valence-corrected chi connectivity index (χ0v) is 7.60. The molecule has 70 valence electrons. The fraction of sp³-hybridized carbons (Fsp3) is 0.0909. The van der Waals surface area contributed by atoms with E-state index in [1.807, 2.05) is 36.4 Å². The summed E-state index contributed by atoms with van der Waals surface area (Å²) in [6.07, 6.45) is 0.677. The van der Waals surface area contributed by atoms with Gasteiger partial charge in [-0.05, 0) is 12.1 Å². The molecule has 2 rings (SSSR count). The first-order chi connectivity index (χ1) is 6.90. The molecule has 0 fully saturated rings. The molecule has 0 aliphatic carbocycles. The highest BCUT2D eigenvalue weighted by atomic mass is 16.1. The Morgan fingerprint density at radius 1 is 1.21 bits per heavy atom. The van der Waals surface area contributed by atoms with E-state index in [1.165, 1.54) is 0 Å². The Bertz CT molecular complexity index is 454. The Labute approximate surface area is 81.8 Å². The van der Waals surface area contributed by atoms with Gasteiger partial charge in [0.1, 0.15) is 0 Å². The van der Waals surface area contributed by atoms with Gasteiger partial charge in [0.05, 0.1) is 17.8 Å². The average Bonchev–Trinajstić information content (AvgIpc) is 2.26. The van der Waals surface area contributed by atoms with E-state index in [4.69, 9.17) is 0 Å². The molecule has 0 saturated carbocycles. The number of nitrogens with one attached hydrogen (secondary N) is 1. The van der Waals surface area contributed by atoms with Crippen LogP contribution in [0.1, 0.15) is 5.69 Å². The van der Waals surface area contributed by atoms with Crippen molar-refractivity contribution in [3.63, 3.8) is 0 Å². The number of benzene rings is 1. The molecule has 0 saturated heterocycles. The maximum absolute atomic E-state index is 10.1. The van der Waals surface area contributed by atoms with Crippen molar-refractivity contribution in [2.45, 2.75) is 6.54 Å². The molecule has 3 nitrogen and oxygen atoms in total. The number of carbonyl (C=O) groups excluding carboxylic acids is 1. The van der Waals surface area contributed by atoms with Crippen LogP contribution < -0.4 is 5.32 Å². The summed E-state index contributed by atoms with van der Waals surface area (Å²) in [6.45, 7) is 0.480. The van der Waals surface area contributed by atoms with Gasteiger partial charge in [-0.3, -0.25) is 9.78 Å². The predicted molar refractivity (Wildman–Crippen MR) is 54.6 cm³/mol. The van der Waals surface area contributed by atoms with Crippen LogP contribution in [0.3, 0.4) is 0 Å². The lowest BCUT2D eigenvalue weighted by molar-refractivity contribution is -0.109. The molecule has 0 aliphatic heterocycles. The van der Waals surface area contributed by atoms with Crippen LogP contribution in [0.2, 0.25) is 0 Å². The van der Waals surface area contributed by atoms with Crippen molar-refractivity contribution < 1.29 is 4.79 Å². The highest BCUT2D eigenvalue weighted by molar-refractivity contribution is 5.78. The van der Waals surface area contributed by atoms with Crippen LogP contribution in [0.4, 0.5) is 0 Å². The summed E-state index contributed by atoms with van der Waals surface area (Å²) in [5.41, 5.74) is 1.83. The van der Waals surface area contributed by atoms with E-state index >= 15 is 0 Å². The third-order valence-electron chi connectivity index (χ3n) is 2.02. The van der Waals surface area contributed by atoms with Crippen LogP contribution in [0, 0.1) is 0 Å². The van der Waals surface area contributed by atoms with Crippen molar-refractivity contribution in [3.05, 3.63) is 42.1 Å². The SMILES string of the molecule is O=CNCc1ccc2ccccc2n1. The highest BCUT2D eigenvalue weighted by Crippen LogP contribution is 2.11. The maximum atomic E-state index is 10.1. The molecule has 2 aromatic rings. The topological polar surface area (TPSA) is 42.0 Å². The third kappa shape index (κ3) is 1.71. The van der Waals surface area contributed by atoms with Gasteiger partial charge >= 0.3 is 0 Å². The number of hydrogen-bond acceptors (Lipinski definition) is 2. The standard InChI is InChI=1S/C11H10N2O/c14-8-12-7-10-6-5-9-3-1-2-4-11(9)13-10/h1-6,8H,7H2,(H,12,14). The third-order valence-corrected chi connectivity index (χ3v) is 2.02. The smallest absolute Gasteiger partial charge is 0.207 e. The monoisotopic (exact) mass is 186 g/mol. The zero-order valence-electron chi connectivity index (χ0n) is 7.60. The Kier molecular flexibility index (Phi) is 2.40. The summed E-state index contributed by atoms with van der Waals surface area (Å²) in [7, 11) is 0. The molecular formula is C11H10N2O. The summed E-state index contributed by atoms with van der Waals surface area (Å²) >= 11 is 0. The van der Waals surface area contributed by atoms with Crippen molar-refractivity contribution in [3.8, 4) is 0 Å². The van der Waals surface area contributed by atoms with Crippen LogP contribution in [0.5, 0.6) is 0 Å². The van der Waals surface area contributed by atoms with E-state index in [1.54, 1.807) is 0 Å². The van der Waals surface area contributed by atoms with Crippen molar-refractivity contribution in [1.29, 1.82) is 0 Å². The molecule has 3 heteroatoms. The van der Waals surface area contributed by atoms with Crippen LogP contribution in [0.25, 0.3) is 10.9 Å². The molecule has 1 amide bonds. The Morgan fingerprint density at radius 3 is 2.93 bits per heavy atom. The van der Waals surface area contributed by atoms with E-state index in [0.29, 0.717) is 13.0 Å². The molecule has 0 spiro atoms. The maximum Gasteiger partial charge on any atom is 0.207 e. The minimum absolute atomic E-state index is 0.480. The predicted octanol–water partition coefficient (Wildman–Crippen LogP) is 1.48. The normalized spacial score (nSPS) is 10.0. The molecule has 1 heterocycles. The summed E-state index contributed by atoms with van der Waals surface area (Å²) in [5, 5.41) is 3.70. The van der Waals surface area contributed by atoms with Crippen molar-refractivity contribution in [2.75, 3.05) is 0 Å². The van der Waals surface area contributed by atoms with Crippen molar-refractivity contribution in [2.24, 2.45) is 0 Å². The van der Waals surface area contributed by atoms with Gasteiger partial charge in [-0.25, -0.2) is 0 Å². The molecule has 0 atom stereocenters. The number of nitrogens with zero attached hydrogens (tertiary/aromatic N) is 1. The lowest BCUT2D eigenvalue weighted by atomic mass is 10.2. The molecule has 1 N–H and O–H groups in total. The molecule has 1 aromatic carbocycles. The largest absolute Gasteiger partial charge is 0.353 e. The van der Waals surface area contributed by atoms with Gasteiger partial charge in [-0.2, -0.15) is 0 Å². The second-order valence-electron chi connectivity index (χ2n) is 2.99. The molecule has 0 unspecified atom stereocenters. The van der Waals surface area contributed by atoms with E-state index in [2.05, 4.69) is 10.3 Å². The average molecular weight is 186 g/mol. The first-order valence-electron chi connectivity index (χ1n) is 4.42. The van der Waals surface area contributed by atoms with Crippen LogP contribution in [-0.2, 0) is 11.3 Å². The van der Waals surface area contributed by atoms with Gasteiger partial charge < -0.3 is 5.32 Å². The second kappa shape index (κ2) is 3.87. The van der Waals surface area contributed by atoms with Gasteiger partial charge in [0.2, 0.25) is 6.41 Å². The fourth-order valence-corrected chi connectivity index (χ4v) is 1.35. The number of rotatable bonds is 3. The van der Waals surface area contributed by atoms with Crippen LogP contribution in [0.15, 0.2) is 36.4 Å². The number of fused-ring (bicyclic) bond motifs is 1. The minimum Gasteiger partial charge on any atom is -0.353 e. The summed E-state index contributed by atoms with van der Waals surface area (Å²) in [5.74, 6) is 0. The van der Waals surface area contributed by atoms with Crippen molar-refractivity contribution in [1.82, 2.24) is 10.3 Å². The fourth-order valence-electron chi connectivity index (χ4n) is 1.35. The van der Waals surface area contributed by atoms with E-state index in [9.17, 15) is 4.79 Å². The number of hydrogen-bond donors (Lipinski definition) is 1. The van der Waals surface area contributed by atoms with E-state index in [0.717, 1.165) is 16.6 Å². The minimum atomic E-state index is 0.480. The summed E-state index contributed by atoms with van der Waals surface area (Å²) in [6, 6.07) is 11.8. The molecule has 0 aliphatic rings. The molecule has 0 bridgehead atoms. The Balaban J connectivity index is 2.36. The van der Waals surface area contributed by atoms with Gasteiger partial charge in [0.15, 0.2) is 0 Å². The molecular weight excluding hydrogens is 176 g/mol. The lowest BCUT2D eigenvalue weighted by Gasteiger charge is -2.01. The second-order valence-corrected chi connectivity index (χ2v) is 2.99. The number of para-hydroxylation sites is 1. The van der Waals surface area contributed by atoms with E-state index < -0.39 is 0 Å². The Hall–Kier alpha value is -1.90. The summed E-state index contributed by atoms with van der Waals surface area (Å²) in [4.78, 5) is 14.5. The van der Waals surface area contributed by atoms with Gasteiger partial charge in [0.25, 0.3) is 0 Å². The Morgan fingerprint density at radius 2 is 2.07 bits per heavy atom. The van der Waals surface area contributed by atoms with Crippen LogP contribution >= 0.6 is 0 Å². The highest BCUT2D eigenvalue weighted by Gasteiger charge is 1.96. The molecule has 1 aromatic heterocycles. The first-order valence-corrected chi connectivity index (χ1v) is 4.42. The van der Waals surface area contributed by atoms with Gasteiger partial charge in [0, 0.05) is 5.39 Å². The van der Waals surface area contributed by atoms with Gasteiger partial charge in [-0.15, -0.1) is 0 Å². The number of amides is 1. The first kappa shape index (κ1) is 8.69. The van der Waals surface area contributed by atoms with E-state index in [-0.39, 0.29) is 0 Å². The zero-order chi connectivity index (χ0) is 9.80. The quantitative estimate of drug-likeness (QED) is 0.738. The molecule has 14 heavy (non-hydrogen) atoms. The van der Waals surface area contributed by atoms with Gasteiger partial charge in [-0.1, -0.05) is 24.3 Å². The van der Waals surface area contributed by atoms with Crippen LogP contribution in [-0.4, -0.2) is 11.4 Å². The molecule has 0 radical (unpaired) electrons. The van der Waals surface area contributed by atoms with Crippen molar-refractivity contribution >= 4 is 17.3 Å². The number of carbonyl (C=O) groups is 1. The lowest BCUT2D eigenvalue weighted by Crippen LogP contribution is -2.10. The number of pyridine rings is 1. The summed E-state index contributed by atoms with van der Waals surface area (Å²) < 4.78 is 0.